The van der Waals surface area contributed by atoms with E-state index in [0.29, 0.717) is 0 Å². The van der Waals surface area contributed by atoms with Gasteiger partial charge in [0.15, 0.2) is 0 Å². The molecule has 0 saturated heterocycles. The normalized spacial score (nSPS) is 21.5. The fourth-order valence-corrected chi connectivity index (χ4v) is 3.16. The number of hydrogen-bond donors (Lipinski definition) is 1. The third-order valence-electron chi connectivity index (χ3n) is 4.32. The van der Waals surface area contributed by atoms with Crippen LogP contribution in [0.3, 0.4) is 0 Å². The highest BCUT2D eigenvalue weighted by molar-refractivity contribution is 5.79. The van der Waals surface area contributed by atoms with Crippen LogP contribution in [0, 0.1) is 5.92 Å². The molecule has 0 saturated carbocycles. The van der Waals surface area contributed by atoms with Gasteiger partial charge >= 0.3 is 0 Å². The van der Waals surface area contributed by atoms with Crippen LogP contribution in [-0.4, -0.2) is 18.6 Å². The first-order chi connectivity index (χ1) is 10.2. The Morgan fingerprint density at radius 3 is 3.14 bits per heavy atom. The number of hydrogen-bond acceptors (Lipinski definition) is 2. The molecule has 1 aliphatic heterocycles. The largest absolute Gasteiger partial charge is 0.493 e. The van der Waals surface area contributed by atoms with Crippen molar-refractivity contribution >= 4 is 5.91 Å². The molecular weight excluding hydrogens is 262 g/mol. The van der Waals surface area contributed by atoms with Gasteiger partial charge in [0, 0.05) is 18.4 Å². The molecule has 1 N–H and O–H groups in total. The van der Waals surface area contributed by atoms with E-state index in [1.54, 1.807) is 0 Å². The molecule has 2 atom stereocenters. The van der Waals surface area contributed by atoms with Crippen molar-refractivity contribution in [2.75, 3.05) is 6.61 Å². The van der Waals surface area contributed by atoms with Crippen molar-refractivity contribution < 1.29 is 9.53 Å². The fraction of sp³-hybridized carbons (Fsp3) is 0.500. The number of carbonyl (C=O) groups excluding carboxylic acids is 1. The summed E-state index contributed by atoms with van der Waals surface area (Å²) in [5, 5.41) is 3.16. The summed E-state index contributed by atoms with van der Waals surface area (Å²) in [4.78, 5) is 12.2. The van der Waals surface area contributed by atoms with Crippen molar-refractivity contribution in [1.29, 1.82) is 0 Å². The first kappa shape index (κ1) is 14.2. The molecule has 0 radical (unpaired) electrons. The molecule has 112 valence electrons. The number of nitrogens with one attached hydrogen (secondary N) is 1. The number of ether oxygens (including phenoxy) is 1. The minimum Gasteiger partial charge on any atom is -0.493 e. The lowest BCUT2D eigenvalue weighted by Gasteiger charge is -2.21. The first-order valence-corrected chi connectivity index (χ1v) is 7.92. The van der Waals surface area contributed by atoms with Crippen molar-refractivity contribution in [3.8, 4) is 5.75 Å². The van der Waals surface area contributed by atoms with Crippen molar-refractivity contribution in [3.05, 3.63) is 41.5 Å². The highest BCUT2D eigenvalue weighted by Gasteiger charge is 2.20. The van der Waals surface area contributed by atoms with Gasteiger partial charge in [-0.25, -0.2) is 0 Å². The van der Waals surface area contributed by atoms with Gasteiger partial charge in [0.1, 0.15) is 5.75 Å². The van der Waals surface area contributed by atoms with Crippen LogP contribution in [0.2, 0.25) is 0 Å². The van der Waals surface area contributed by atoms with E-state index < -0.39 is 0 Å². The predicted octanol–water partition coefficient (Wildman–Crippen LogP) is 3.03. The Morgan fingerprint density at radius 1 is 1.43 bits per heavy atom. The average molecular weight is 285 g/mol. The van der Waals surface area contributed by atoms with Gasteiger partial charge in [-0.2, -0.15) is 0 Å². The minimum absolute atomic E-state index is 0.158. The number of fused-ring (bicyclic) bond motifs is 1. The molecular formula is C18H23NO2. The quantitative estimate of drug-likeness (QED) is 0.864. The molecule has 0 bridgehead atoms. The summed E-state index contributed by atoms with van der Waals surface area (Å²) in [5.41, 5.74) is 2.57. The maximum Gasteiger partial charge on any atom is 0.223 e. The average Bonchev–Trinajstić information content (AvgIpc) is 2.95. The van der Waals surface area contributed by atoms with E-state index in [9.17, 15) is 4.79 Å². The second kappa shape index (κ2) is 6.33. The summed E-state index contributed by atoms with van der Waals surface area (Å²) in [5.74, 6) is 1.38. The van der Waals surface area contributed by atoms with E-state index in [1.807, 2.05) is 0 Å². The van der Waals surface area contributed by atoms with Gasteiger partial charge in [-0.1, -0.05) is 24.3 Å². The van der Waals surface area contributed by atoms with E-state index in [0.717, 1.165) is 44.5 Å². The summed E-state index contributed by atoms with van der Waals surface area (Å²) in [6, 6.07) is 6.55. The zero-order valence-corrected chi connectivity index (χ0v) is 12.6. The van der Waals surface area contributed by atoms with Gasteiger partial charge in [-0.15, -0.1) is 0 Å². The van der Waals surface area contributed by atoms with Gasteiger partial charge in [-0.3, -0.25) is 4.79 Å². The van der Waals surface area contributed by atoms with E-state index >= 15 is 0 Å². The SMILES string of the molecule is C[C@H](Cc1ccc2c(c1)CCO2)NC(=O)[C@H]1CC=CCC1. The number of rotatable bonds is 4. The van der Waals surface area contributed by atoms with Gasteiger partial charge in [0.2, 0.25) is 5.91 Å². The highest BCUT2D eigenvalue weighted by atomic mass is 16.5. The Kier molecular flexibility index (Phi) is 4.28. The van der Waals surface area contributed by atoms with Crippen molar-refractivity contribution in [2.45, 2.75) is 45.1 Å². The summed E-state index contributed by atoms with van der Waals surface area (Å²) in [6.07, 6.45) is 9.05. The van der Waals surface area contributed by atoms with Crippen molar-refractivity contribution in [2.24, 2.45) is 5.92 Å². The zero-order valence-electron chi connectivity index (χ0n) is 12.6. The summed E-state index contributed by atoms with van der Waals surface area (Å²) in [6.45, 7) is 2.88. The molecule has 1 aliphatic carbocycles. The predicted molar refractivity (Wildman–Crippen MR) is 83.4 cm³/mol. The summed E-state index contributed by atoms with van der Waals surface area (Å²) in [7, 11) is 0. The maximum absolute atomic E-state index is 12.2. The molecule has 2 aliphatic rings. The van der Waals surface area contributed by atoms with Crippen LogP contribution in [0.25, 0.3) is 0 Å². The van der Waals surface area contributed by atoms with Crippen molar-refractivity contribution in [1.82, 2.24) is 5.32 Å². The van der Waals surface area contributed by atoms with Crippen LogP contribution in [0.4, 0.5) is 0 Å². The summed E-state index contributed by atoms with van der Waals surface area (Å²) < 4.78 is 5.53. The van der Waals surface area contributed by atoms with Crippen molar-refractivity contribution in [3.63, 3.8) is 0 Å². The fourth-order valence-electron chi connectivity index (χ4n) is 3.16. The molecule has 3 rings (SSSR count). The molecule has 21 heavy (non-hydrogen) atoms. The number of amides is 1. The van der Waals surface area contributed by atoms with E-state index in [-0.39, 0.29) is 17.9 Å². The van der Waals surface area contributed by atoms with E-state index in [2.05, 4.69) is 42.6 Å². The maximum atomic E-state index is 12.2. The van der Waals surface area contributed by atoms with Gasteiger partial charge in [0.05, 0.1) is 6.61 Å². The molecule has 1 amide bonds. The standard InChI is InChI=1S/C18H23NO2/c1-13(19-18(20)15-5-3-2-4-6-15)11-14-7-8-17-16(12-14)9-10-21-17/h2-3,7-8,12-13,15H,4-6,9-11H2,1H3,(H,19,20)/t13-,15+/m1/s1. The van der Waals surface area contributed by atoms with Crippen LogP contribution < -0.4 is 10.1 Å². The Bertz CT molecular complexity index is 550. The lowest BCUT2D eigenvalue weighted by Crippen LogP contribution is -2.38. The summed E-state index contributed by atoms with van der Waals surface area (Å²) >= 11 is 0. The zero-order chi connectivity index (χ0) is 14.7. The Labute approximate surface area is 126 Å². The van der Waals surface area contributed by atoms with Crippen LogP contribution in [0.1, 0.15) is 37.3 Å². The van der Waals surface area contributed by atoms with E-state index in [4.69, 9.17) is 4.74 Å². The smallest absolute Gasteiger partial charge is 0.223 e. The topological polar surface area (TPSA) is 38.3 Å². The lowest BCUT2D eigenvalue weighted by molar-refractivity contribution is -0.125. The first-order valence-electron chi connectivity index (χ1n) is 7.92. The van der Waals surface area contributed by atoms with Crippen LogP contribution in [0.15, 0.2) is 30.4 Å². The molecule has 0 fully saturated rings. The number of carbonyl (C=O) groups is 1. The van der Waals surface area contributed by atoms with Crippen LogP contribution >= 0.6 is 0 Å². The Hall–Kier alpha value is -1.77. The molecule has 0 unspecified atom stereocenters. The monoisotopic (exact) mass is 285 g/mol. The third-order valence-corrected chi connectivity index (χ3v) is 4.32. The molecule has 1 heterocycles. The lowest BCUT2D eigenvalue weighted by atomic mass is 9.93. The van der Waals surface area contributed by atoms with Gasteiger partial charge in [0.25, 0.3) is 0 Å². The number of allylic oxidation sites excluding steroid dienone is 2. The molecule has 1 aromatic rings. The molecule has 0 spiro atoms. The number of benzene rings is 1. The van der Waals surface area contributed by atoms with Gasteiger partial charge < -0.3 is 10.1 Å². The highest BCUT2D eigenvalue weighted by Crippen LogP contribution is 2.26. The second-order valence-corrected chi connectivity index (χ2v) is 6.14. The third kappa shape index (κ3) is 3.46. The van der Waals surface area contributed by atoms with Gasteiger partial charge in [-0.05, 0) is 49.8 Å². The Balaban J connectivity index is 1.55. The molecule has 0 aromatic heterocycles. The van der Waals surface area contributed by atoms with Crippen LogP contribution in [0.5, 0.6) is 5.75 Å². The molecule has 1 aromatic carbocycles. The minimum atomic E-state index is 0.158. The Morgan fingerprint density at radius 2 is 2.33 bits per heavy atom. The molecule has 3 heteroatoms. The van der Waals surface area contributed by atoms with Crippen LogP contribution in [-0.2, 0) is 17.6 Å². The molecule has 3 nitrogen and oxygen atoms in total. The van der Waals surface area contributed by atoms with E-state index in [1.165, 1.54) is 11.1 Å². The second-order valence-electron chi connectivity index (χ2n) is 6.14.